The van der Waals surface area contributed by atoms with Crippen molar-refractivity contribution in [1.82, 2.24) is 9.97 Å². The van der Waals surface area contributed by atoms with Crippen LogP contribution in [-0.2, 0) is 4.74 Å². The summed E-state index contributed by atoms with van der Waals surface area (Å²) >= 11 is 1.56. The molecule has 6 heteroatoms. The number of pyridine rings is 1. The van der Waals surface area contributed by atoms with Crippen molar-refractivity contribution in [3.63, 3.8) is 0 Å². The van der Waals surface area contributed by atoms with Crippen molar-refractivity contribution in [3.05, 3.63) is 24.4 Å². The van der Waals surface area contributed by atoms with E-state index in [4.69, 9.17) is 9.47 Å². The van der Waals surface area contributed by atoms with Crippen LogP contribution in [0.4, 0.5) is 5.13 Å². The molecule has 0 saturated heterocycles. The van der Waals surface area contributed by atoms with Crippen molar-refractivity contribution in [1.29, 1.82) is 0 Å². The molecule has 2 aromatic heterocycles. The Morgan fingerprint density at radius 3 is 3.00 bits per heavy atom. The highest BCUT2D eigenvalue weighted by molar-refractivity contribution is 7.18. The van der Waals surface area contributed by atoms with Crippen molar-refractivity contribution in [2.24, 2.45) is 0 Å². The van der Waals surface area contributed by atoms with E-state index < -0.39 is 0 Å². The second kappa shape index (κ2) is 6.32. The standard InChI is InChI=1S/C12H15N3O2S/c1-16-7-6-13-12-14-8-10(18-12)9-4-3-5-11(15-9)17-2/h3-5,8H,6-7H2,1-2H3,(H,13,14). The van der Waals surface area contributed by atoms with Gasteiger partial charge in [-0.25, -0.2) is 9.97 Å². The molecule has 0 atom stereocenters. The van der Waals surface area contributed by atoms with Crippen LogP contribution in [0.2, 0.25) is 0 Å². The van der Waals surface area contributed by atoms with Gasteiger partial charge in [0.2, 0.25) is 5.88 Å². The van der Waals surface area contributed by atoms with E-state index in [1.54, 1.807) is 25.6 Å². The molecule has 5 nitrogen and oxygen atoms in total. The number of nitrogens with zero attached hydrogens (tertiary/aromatic N) is 2. The molecule has 0 saturated carbocycles. The Labute approximate surface area is 110 Å². The summed E-state index contributed by atoms with van der Waals surface area (Å²) in [5.41, 5.74) is 0.867. The Morgan fingerprint density at radius 2 is 2.22 bits per heavy atom. The number of methoxy groups -OCH3 is 2. The van der Waals surface area contributed by atoms with E-state index in [9.17, 15) is 0 Å². The van der Waals surface area contributed by atoms with Gasteiger partial charge in [-0.3, -0.25) is 0 Å². The number of anilines is 1. The molecule has 2 heterocycles. The van der Waals surface area contributed by atoms with Crippen LogP contribution in [0.25, 0.3) is 10.6 Å². The summed E-state index contributed by atoms with van der Waals surface area (Å²) in [5.74, 6) is 0.606. The third kappa shape index (κ3) is 3.18. The minimum atomic E-state index is 0.606. The smallest absolute Gasteiger partial charge is 0.213 e. The van der Waals surface area contributed by atoms with Crippen molar-refractivity contribution in [3.8, 4) is 16.5 Å². The zero-order chi connectivity index (χ0) is 12.8. The molecule has 18 heavy (non-hydrogen) atoms. The van der Waals surface area contributed by atoms with E-state index >= 15 is 0 Å². The molecule has 2 rings (SSSR count). The molecule has 1 N–H and O–H groups in total. The first-order valence-corrected chi connectivity index (χ1v) is 6.35. The van der Waals surface area contributed by atoms with Gasteiger partial charge in [-0.2, -0.15) is 0 Å². The molecule has 0 bridgehead atoms. The molecule has 0 aliphatic carbocycles. The van der Waals surface area contributed by atoms with Crippen molar-refractivity contribution in [2.75, 3.05) is 32.7 Å². The van der Waals surface area contributed by atoms with E-state index in [0.29, 0.717) is 12.5 Å². The van der Waals surface area contributed by atoms with Crippen LogP contribution in [0, 0.1) is 0 Å². The van der Waals surface area contributed by atoms with Crippen LogP contribution in [0.15, 0.2) is 24.4 Å². The number of ether oxygens (including phenoxy) is 2. The van der Waals surface area contributed by atoms with E-state index in [1.807, 2.05) is 24.4 Å². The lowest BCUT2D eigenvalue weighted by atomic mass is 10.3. The van der Waals surface area contributed by atoms with Gasteiger partial charge in [-0.15, -0.1) is 0 Å². The summed E-state index contributed by atoms with van der Waals surface area (Å²) in [4.78, 5) is 9.67. The first-order valence-electron chi connectivity index (χ1n) is 5.53. The van der Waals surface area contributed by atoms with Gasteiger partial charge >= 0.3 is 0 Å². The Hall–Kier alpha value is -1.66. The lowest BCUT2D eigenvalue weighted by Crippen LogP contribution is -2.06. The van der Waals surface area contributed by atoms with Crippen molar-refractivity contribution in [2.45, 2.75) is 0 Å². The maximum Gasteiger partial charge on any atom is 0.213 e. The first kappa shape index (κ1) is 12.8. The van der Waals surface area contributed by atoms with Crippen LogP contribution < -0.4 is 10.1 Å². The van der Waals surface area contributed by atoms with Crippen LogP contribution in [0.5, 0.6) is 5.88 Å². The van der Waals surface area contributed by atoms with Crippen LogP contribution in [0.3, 0.4) is 0 Å². The van der Waals surface area contributed by atoms with Gasteiger partial charge in [0.05, 0.1) is 24.3 Å². The van der Waals surface area contributed by atoms with Gasteiger partial charge in [0, 0.05) is 25.9 Å². The SMILES string of the molecule is COCCNc1ncc(-c2cccc(OC)n2)s1. The number of aromatic nitrogens is 2. The van der Waals surface area contributed by atoms with Crippen LogP contribution >= 0.6 is 11.3 Å². The Morgan fingerprint density at radius 1 is 1.33 bits per heavy atom. The molecule has 96 valence electrons. The summed E-state index contributed by atoms with van der Waals surface area (Å²) in [7, 11) is 3.28. The summed E-state index contributed by atoms with van der Waals surface area (Å²) in [6, 6.07) is 5.68. The van der Waals surface area contributed by atoms with E-state index in [0.717, 1.165) is 22.2 Å². The number of hydrogen-bond acceptors (Lipinski definition) is 6. The van der Waals surface area contributed by atoms with Gasteiger partial charge in [-0.05, 0) is 6.07 Å². The number of nitrogens with one attached hydrogen (secondary N) is 1. The average molecular weight is 265 g/mol. The monoisotopic (exact) mass is 265 g/mol. The Bertz CT molecular complexity index is 502. The predicted molar refractivity (Wildman–Crippen MR) is 72.3 cm³/mol. The first-order chi connectivity index (χ1) is 8.83. The molecule has 0 unspecified atom stereocenters. The van der Waals surface area contributed by atoms with E-state index in [2.05, 4.69) is 15.3 Å². The highest BCUT2D eigenvalue weighted by Crippen LogP contribution is 2.28. The molecule has 2 aromatic rings. The van der Waals surface area contributed by atoms with Gasteiger partial charge in [0.25, 0.3) is 0 Å². The van der Waals surface area contributed by atoms with Crippen LogP contribution in [0.1, 0.15) is 0 Å². The molecule has 0 radical (unpaired) electrons. The maximum absolute atomic E-state index is 5.10. The summed E-state index contributed by atoms with van der Waals surface area (Å²) in [5, 5.41) is 4.05. The van der Waals surface area contributed by atoms with Crippen LogP contribution in [-0.4, -0.2) is 37.3 Å². The molecular formula is C12H15N3O2S. The third-order valence-corrected chi connectivity index (χ3v) is 3.25. The molecule has 0 fully saturated rings. The van der Waals surface area contributed by atoms with Gasteiger partial charge in [-0.1, -0.05) is 17.4 Å². The normalized spacial score (nSPS) is 10.3. The quantitative estimate of drug-likeness (QED) is 0.812. The average Bonchev–Trinajstić information content (AvgIpc) is 2.88. The predicted octanol–water partition coefficient (Wildman–Crippen LogP) is 2.27. The van der Waals surface area contributed by atoms with E-state index in [1.165, 1.54) is 0 Å². The number of thiazole rings is 1. The van der Waals surface area contributed by atoms with Crippen molar-refractivity contribution >= 4 is 16.5 Å². The van der Waals surface area contributed by atoms with E-state index in [-0.39, 0.29) is 0 Å². The lowest BCUT2D eigenvalue weighted by molar-refractivity contribution is 0.211. The second-order valence-electron chi connectivity index (χ2n) is 3.51. The zero-order valence-electron chi connectivity index (χ0n) is 10.3. The summed E-state index contributed by atoms with van der Waals surface area (Å²) in [6.07, 6.45) is 1.81. The molecule has 0 amide bonds. The Balaban J connectivity index is 2.08. The van der Waals surface area contributed by atoms with Gasteiger partial charge in [0.15, 0.2) is 5.13 Å². The lowest BCUT2D eigenvalue weighted by Gasteiger charge is -2.01. The fourth-order valence-electron chi connectivity index (χ4n) is 1.40. The minimum absolute atomic E-state index is 0.606. The minimum Gasteiger partial charge on any atom is -0.481 e. The topological polar surface area (TPSA) is 56.3 Å². The number of hydrogen-bond donors (Lipinski definition) is 1. The fraction of sp³-hybridized carbons (Fsp3) is 0.333. The molecule has 0 aromatic carbocycles. The second-order valence-corrected chi connectivity index (χ2v) is 4.55. The van der Waals surface area contributed by atoms with Crippen molar-refractivity contribution < 1.29 is 9.47 Å². The van der Waals surface area contributed by atoms with Gasteiger partial charge in [0.1, 0.15) is 0 Å². The summed E-state index contributed by atoms with van der Waals surface area (Å²) in [6.45, 7) is 1.40. The maximum atomic E-state index is 5.10. The molecule has 0 aliphatic heterocycles. The highest BCUT2D eigenvalue weighted by Gasteiger charge is 2.06. The molecular weight excluding hydrogens is 250 g/mol. The largest absolute Gasteiger partial charge is 0.481 e. The summed E-state index contributed by atoms with van der Waals surface area (Å²) < 4.78 is 10.1. The molecule has 0 spiro atoms. The van der Waals surface area contributed by atoms with Gasteiger partial charge < -0.3 is 14.8 Å². The molecule has 0 aliphatic rings. The third-order valence-electron chi connectivity index (χ3n) is 2.27. The highest BCUT2D eigenvalue weighted by atomic mass is 32.1. The zero-order valence-corrected chi connectivity index (χ0v) is 11.2. The fourth-order valence-corrected chi connectivity index (χ4v) is 2.21. The Kier molecular flexibility index (Phi) is 4.49. The number of rotatable bonds is 6.